The average molecular weight is 310 g/mol. The van der Waals surface area contributed by atoms with E-state index in [2.05, 4.69) is 36.6 Å². The standard InChI is InChI=1S/C11H12BrN5O/c1-18-9-3-7(12)2-8(4-9)16-10-5-11(17-13)15-6-14-10/h2-6H,13H2,1H3,(H2,14,15,16,17). The molecule has 94 valence electrons. The average Bonchev–Trinajstić information content (AvgIpc) is 2.38. The van der Waals surface area contributed by atoms with Gasteiger partial charge < -0.3 is 15.5 Å². The van der Waals surface area contributed by atoms with Gasteiger partial charge in [0.25, 0.3) is 0 Å². The number of nitrogens with one attached hydrogen (secondary N) is 2. The molecule has 1 heterocycles. The van der Waals surface area contributed by atoms with Gasteiger partial charge in [-0.05, 0) is 12.1 Å². The lowest BCUT2D eigenvalue weighted by molar-refractivity contribution is 0.415. The van der Waals surface area contributed by atoms with Crippen LogP contribution in [0.1, 0.15) is 0 Å². The van der Waals surface area contributed by atoms with Crippen LogP contribution in [0.3, 0.4) is 0 Å². The van der Waals surface area contributed by atoms with Crippen molar-refractivity contribution in [1.82, 2.24) is 9.97 Å². The number of rotatable bonds is 4. The molecule has 4 N–H and O–H groups in total. The van der Waals surface area contributed by atoms with Gasteiger partial charge in [0.1, 0.15) is 23.7 Å². The molecule has 1 aromatic heterocycles. The number of methoxy groups -OCH3 is 1. The Balaban J connectivity index is 2.24. The molecule has 0 radical (unpaired) electrons. The number of hydrogen-bond donors (Lipinski definition) is 3. The third-order valence-electron chi connectivity index (χ3n) is 2.19. The molecule has 0 unspecified atom stereocenters. The van der Waals surface area contributed by atoms with Crippen LogP contribution in [-0.4, -0.2) is 17.1 Å². The van der Waals surface area contributed by atoms with Crippen LogP contribution in [0.4, 0.5) is 17.3 Å². The second-order valence-electron chi connectivity index (χ2n) is 3.44. The molecule has 0 spiro atoms. The van der Waals surface area contributed by atoms with Crippen LogP contribution < -0.4 is 21.3 Å². The van der Waals surface area contributed by atoms with E-state index in [9.17, 15) is 0 Å². The molecule has 6 nitrogen and oxygen atoms in total. The lowest BCUT2D eigenvalue weighted by Crippen LogP contribution is -2.09. The zero-order valence-electron chi connectivity index (χ0n) is 9.64. The van der Waals surface area contributed by atoms with Crippen molar-refractivity contribution in [2.45, 2.75) is 0 Å². The minimum Gasteiger partial charge on any atom is -0.497 e. The number of nitrogens with zero attached hydrogens (tertiary/aromatic N) is 2. The molecule has 0 aliphatic carbocycles. The zero-order chi connectivity index (χ0) is 13.0. The fourth-order valence-corrected chi connectivity index (χ4v) is 1.88. The molecular formula is C11H12BrN5O. The molecule has 1 aromatic carbocycles. The highest BCUT2D eigenvalue weighted by atomic mass is 79.9. The Morgan fingerprint density at radius 3 is 2.67 bits per heavy atom. The molecule has 0 aliphatic rings. The number of hydrazine groups is 1. The topological polar surface area (TPSA) is 85.1 Å². The molecule has 0 atom stereocenters. The normalized spacial score (nSPS) is 9.94. The maximum atomic E-state index is 5.29. The molecule has 0 fully saturated rings. The summed E-state index contributed by atoms with van der Waals surface area (Å²) in [6, 6.07) is 7.36. The van der Waals surface area contributed by atoms with Crippen molar-refractivity contribution in [1.29, 1.82) is 0 Å². The number of hydrogen-bond acceptors (Lipinski definition) is 6. The molecule has 0 saturated carbocycles. The van der Waals surface area contributed by atoms with Gasteiger partial charge in [-0.25, -0.2) is 15.8 Å². The van der Waals surface area contributed by atoms with Gasteiger partial charge in [-0.15, -0.1) is 0 Å². The van der Waals surface area contributed by atoms with E-state index in [1.165, 1.54) is 6.33 Å². The predicted octanol–water partition coefficient (Wildman–Crippen LogP) is 2.28. The van der Waals surface area contributed by atoms with Gasteiger partial charge in [-0.2, -0.15) is 0 Å². The van der Waals surface area contributed by atoms with Crippen LogP contribution in [0.2, 0.25) is 0 Å². The first-order chi connectivity index (χ1) is 8.71. The smallest absolute Gasteiger partial charge is 0.145 e. The minimum absolute atomic E-state index is 0.537. The second kappa shape index (κ2) is 5.65. The van der Waals surface area contributed by atoms with Crippen molar-refractivity contribution < 1.29 is 4.74 Å². The van der Waals surface area contributed by atoms with E-state index in [1.807, 2.05) is 18.2 Å². The third kappa shape index (κ3) is 3.08. The second-order valence-corrected chi connectivity index (χ2v) is 4.35. The fraction of sp³-hybridized carbons (Fsp3) is 0.0909. The van der Waals surface area contributed by atoms with Gasteiger partial charge in [0, 0.05) is 22.3 Å². The Labute approximate surface area is 113 Å². The minimum atomic E-state index is 0.537. The predicted molar refractivity (Wildman–Crippen MR) is 73.8 cm³/mol. The van der Waals surface area contributed by atoms with Gasteiger partial charge in [0.15, 0.2) is 0 Å². The van der Waals surface area contributed by atoms with Crippen molar-refractivity contribution in [3.8, 4) is 5.75 Å². The summed E-state index contributed by atoms with van der Waals surface area (Å²) >= 11 is 3.41. The molecule has 7 heteroatoms. The van der Waals surface area contributed by atoms with E-state index in [-0.39, 0.29) is 0 Å². The molecule has 0 amide bonds. The summed E-state index contributed by atoms with van der Waals surface area (Å²) in [6.45, 7) is 0. The molecule has 0 aliphatic heterocycles. The van der Waals surface area contributed by atoms with E-state index < -0.39 is 0 Å². The molecule has 18 heavy (non-hydrogen) atoms. The van der Waals surface area contributed by atoms with Gasteiger partial charge in [-0.3, -0.25) is 0 Å². The highest BCUT2D eigenvalue weighted by Gasteiger charge is 2.02. The maximum Gasteiger partial charge on any atom is 0.145 e. The quantitative estimate of drug-likeness (QED) is 0.593. The highest BCUT2D eigenvalue weighted by molar-refractivity contribution is 9.10. The number of nitrogens with two attached hydrogens (primary N) is 1. The van der Waals surface area contributed by atoms with E-state index >= 15 is 0 Å². The summed E-state index contributed by atoms with van der Waals surface area (Å²) in [7, 11) is 1.62. The van der Waals surface area contributed by atoms with Crippen molar-refractivity contribution in [3.63, 3.8) is 0 Å². The third-order valence-corrected chi connectivity index (χ3v) is 2.65. The van der Waals surface area contributed by atoms with E-state index in [1.54, 1.807) is 13.2 Å². The van der Waals surface area contributed by atoms with Crippen LogP contribution in [0.15, 0.2) is 35.1 Å². The zero-order valence-corrected chi connectivity index (χ0v) is 11.2. The summed E-state index contributed by atoms with van der Waals surface area (Å²) < 4.78 is 6.10. The largest absolute Gasteiger partial charge is 0.497 e. The molecule has 2 rings (SSSR count). The van der Waals surface area contributed by atoms with Gasteiger partial charge in [0.05, 0.1) is 7.11 Å². The van der Waals surface area contributed by atoms with Gasteiger partial charge >= 0.3 is 0 Å². The van der Waals surface area contributed by atoms with Crippen molar-refractivity contribution in [3.05, 3.63) is 35.1 Å². The molecular weight excluding hydrogens is 298 g/mol. The SMILES string of the molecule is COc1cc(Br)cc(Nc2cc(NN)ncn2)c1. The number of benzene rings is 1. The first kappa shape index (κ1) is 12.6. The van der Waals surface area contributed by atoms with Crippen molar-refractivity contribution in [2.75, 3.05) is 17.9 Å². The molecule has 0 saturated heterocycles. The van der Waals surface area contributed by atoms with Crippen LogP contribution in [0.25, 0.3) is 0 Å². The Bertz CT molecular complexity index is 549. The first-order valence-electron chi connectivity index (χ1n) is 5.11. The number of ether oxygens (including phenoxy) is 1. The molecule has 2 aromatic rings. The molecule has 0 bridgehead atoms. The Hall–Kier alpha value is -1.86. The Morgan fingerprint density at radius 2 is 1.94 bits per heavy atom. The van der Waals surface area contributed by atoms with E-state index in [4.69, 9.17) is 10.6 Å². The number of anilines is 3. The van der Waals surface area contributed by atoms with E-state index in [0.29, 0.717) is 11.6 Å². The Morgan fingerprint density at radius 1 is 1.17 bits per heavy atom. The monoisotopic (exact) mass is 309 g/mol. The van der Waals surface area contributed by atoms with Crippen LogP contribution in [0, 0.1) is 0 Å². The summed E-state index contributed by atoms with van der Waals surface area (Å²) in [6.07, 6.45) is 1.42. The first-order valence-corrected chi connectivity index (χ1v) is 5.91. The number of halogens is 1. The van der Waals surface area contributed by atoms with Crippen LogP contribution in [-0.2, 0) is 0 Å². The lowest BCUT2D eigenvalue weighted by atomic mass is 10.3. The highest BCUT2D eigenvalue weighted by Crippen LogP contribution is 2.26. The summed E-state index contributed by atoms with van der Waals surface area (Å²) in [5, 5.41) is 3.14. The Kier molecular flexibility index (Phi) is 3.96. The van der Waals surface area contributed by atoms with Gasteiger partial charge in [0.2, 0.25) is 0 Å². The number of nitrogen functional groups attached to an aromatic ring is 1. The van der Waals surface area contributed by atoms with Crippen molar-refractivity contribution in [2.24, 2.45) is 5.84 Å². The lowest BCUT2D eigenvalue weighted by Gasteiger charge is -2.09. The van der Waals surface area contributed by atoms with Crippen LogP contribution >= 0.6 is 15.9 Å². The van der Waals surface area contributed by atoms with E-state index in [0.717, 1.165) is 15.9 Å². The summed E-state index contributed by atoms with van der Waals surface area (Å²) in [5.74, 6) is 7.21. The maximum absolute atomic E-state index is 5.29. The summed E-state index contributed by atoms with van der Waals surface area (Å²) in [4.78, 5) is 8.02. The number of aromatic nitrogens is 2. The fourth-order valence-electron chi connectivity index (χ4n) is 1.41. The van der Waals surface area contributed by atoms with Gasteiger partial charge in [-0.1, -0.05) is 15.9 Å². The van der Waals surface area contributed by atoms with Crippen molar-refractivity contribution >= 4 is 33.3 Å². The summed E-state index contributed by atoms with van der Waals surface area (Å²) in [5.41, 5.74) is 3.31. The van der Waals surface area contributed by atoms with Crippen LogP contribution in [0.5, 0.6) is 5.75 Å².